The molecule has 0 radical (unpaired) electrons. The van der Waals surface area contributed by atoms with Crippen LogP contribution in [0.15, 0.2) is 76.9 Å². The van der Waals surface area contributed by atoms with E-state index < -0.39 is 60.0 Å². The number of hydrogen-bond acceptors (Lipinski definition) is 7. The highest BCUT2D eigenvalue weighted by Crippen LogP contribution is 2.56. The van der Waals surface area contributed by atoms with E-state index in [1.165, 1.54) is 49.4 Å². The number of benzene rings is 2. The van der Waals surface area contributed by atoms with Gasteiger partial charge in [-0.25, -0.2) is 4.39 Å². The predicted octanol–water partition coefficient (Wildman–Crippen LogP) is 1.85. The number of halogens is 1. The molecule has 10 heteroatoms. The van der Waals surface area contributed by atoms with E-state index in [0.29, 0.717) is 5.57 Å². The van der Waals surface area contributed by atoms with Crippen molar-refractivity contribution in [1.29, 1.82) is 0 Å². The molecule has 4 aliphatic rings. The molecule has 2 aromatic rings. The number of carbonyl (C=O) groups excluding carboxylic acids is 4. The first-order valence-electron chi connectivity index (χ1n) is 12.6. The van der Waals surface area contributed by atoms with E-state index in [9.17, 15) is 38.7 Å². The summed E-state index contributed by atoms with van der Waals surface area (Å²) in [4.78, 5) is 55.0. The van der Waals surface area contributed by atoms with Crippen LogP contribution in [0.3, 0.4) is 0 Å². The van der Waals surface area contributed by atoms with Crippen LogP contribution in [0.4, 0.5) is 10.1 Å². The largest absolute Gasteiger partial charge is 0.505 e. The first kappa shape index (κ1) is 25.2. The van der Waals surface area contributed by atoms with Crippen LogP contribution in [-0.4, -0.2) is 45.7 Å². The van der Waals surface area contributed by atoms with Crippen molar-refractivity contribution in [1.82, 2.24) is 0 Å². The topological polar surface area (TPSA) is 132 Å². The molecule has 0 bridgehead atoms. The van der Waals surface area contributed by atoms with Gasteiger partial charge in [0.2, 0.25) is 11.8 Å². The lowest BCUT2D eigenvalue weighted by Gasteiger charge is -2.42. The van der Waals surface area contributed by atoms with Gasteiger partial charge in [-0.1, -0.05) is 35.9 Å². The Kier molecular flexibility index (Phi) is 5.78. The number of phenolic OH excluding ortho intramolecular Hbond substituents is 1. The number of Topliss-reactive ketones (excluding diaryl/α,β-unsaturated/α-hetero) is 1. The van der Waals surface area contributed by atoms with Gasteiger partial charge in [-0.2, -0.15) is 0 Å². The lowest BCUT2D eigenvalue weighted by atomic mass is 9.59. The number of rotatable bonds is 3. The first-order chi connectivity index (χ1) is 18.6. The highest BCUT2D eigenvalue weighted by atomic mass is 19.1. The Hall–Kier alpha value is -4.15. The van der Waals surface area contributed by atoms with E-state index in [-0.39, 0.29) is 52.1 Å². The molecule has 4 atom stereocenters. The molecule has 39 heavy (non-hydrogen) atoms. The Morgan fingerprint density at radius 1 is 1.00 bits per heavy atom. The maximum Gasteiger partial charge on any atom is 0.488 e. The van der Waals surface area contributed by atoms with Crippen molar-refractivity contribution in [2.75, 3.05) is 4.90 Å². The molecule has 1 aliphatic heterocycles. The Labute approximate surface area is 222 Å². The molecule has 2 aromatic carbocycles. The molecule has 4 unspecified atom stereocenters. The minimum absolute atomic E-state index is 0.0485. The number of ketones is 2. The standard InChI is InChI=1S/C29H23BFNO7/c1-13-10-22(33)25-20(26(13)34)12-19-16(23(25)17-6-3-7-21(31)27(17)35)8-9-18-24(19)29(37)32(28(18)36)15-5-2-4-14(11-15)30(38)39/h2-8,10-11,18-19,23-24,35,38-39H,9,12H2,1H3. The molecule has 2 amide bonds. The molecule has 3 aliphatic carbocycles. The zero-order valence-electron chi connectivity index (χ0n) is 20.8. The summed E-state index contributed by atoms with van der Waals surface area (Å²) < 4.78 is 14.5. The highest BCUT2D eigenvalue weighted by molar-refractivity contribution is 6.58. The van der Waals surface area contributed by atoms with Crippen LogP contribution in [0.25, 0.3) is 0 Å². The number of amides is 2. The first-order valence-corrected chi connectivity index (χ1v) is 12.6. The minimum Gasteiger partial charge on any atom is -0.505 e. The number of para-hydroxylation sites is 1. The smallest absolute Gasteiger partial charge is 0.488 e. The van der Waals surface area contributed by atoms with E-state index >= 15 is 0 Å². The zero-order chi connectivity index (χ0) is 27.7. The molecule has 3 N–H and O–H groups in total. The van der Waals surface area contributed by atoms with Crippen molar-refractivity contribution >= 4 is 41.6 Å². The van der Waals surface area contributed by atoms with Gasteiger partial charge in [0, 0.05) is 28.2 Å². The molecule has 1 heterocycles. The number of hydrogen-bond donors (Lipinski definition) is 3. The van der Waals surface area contributed by atoms with Crippen molar-refractivity contribution in [3.8, 4) is 5.75 Å². The molecule has 0 saturated carbocycles. The average molecular weight is 527 g/mol. The molecule has 1 saturated heterocycles. The van der Waals surface area contributed by atoms with Gasteiger partial charge in [-0.05, 0) is 55.4 Å². The summed E-state index contributed by atoms with van der Waals surface area (Å²) in [6.45, 7) is 1.53. The Morgan fingerprint density at radius 3 is 2.49 bits per heavy atom. The van der Waals surface area contributed by atoms with Crippen LogP contribution in [-0.2, 0) is 19.2 Å². The normalized spacial score (nSPS) is 26.2. The number of carbonyl (C=O) groups is 4. The Bertz CT molecular complexity index is 1590. The van der Waals surface area contributed by atoms with Gasteiger partial charge >= 0.3 is 7.12 Å². The van der Waals surface area contributed by atoms with Crippen molar-refractivity contribution in [3.63, 3.8) is 0 Å². The second-order valence-corrected chi connectivity index (χ2v) is 10.4. The minimum atomic E-state index is -1.79. The molecule has 0 spiro atoms. The SMILES string of the molecule is CC1=CC(=O)C2=C(CC3C(=CCC4C(=O)N(c5cccc(B(O)O)c5)C(=O)C43)C2c2cccc(F)c2O)C1=O. The second kappa shape index (κ2) is 8.96. The summed E-state index contributed by atoms with van der Waals surface area (Å²) in [6, 6.07) is 9.85. The fourth-order valence-corrected chi connectivity index (χ4v) is 6.58. The van der Waals surface area contributed by atoms with Crippen LogP contribution < -0.4 is 10.4 Å². The molecule has 6 rings (SSSR count). The second-order valence-electron chi connectivity index (χ2n) is 10.4. The van der Waals surface area contributed by atoms with Crippen molar-refractivity contribution in [3.05, 3.63) is 88.3 Å². The molecule has 1 fully saturated rings. The van der Waals surface area contributed by atoms with Gasteiger partial charge in [0.15, 0.2) is 23.1 Å². The number of nitrogens with zero attached hydrogens (tertiary/aromatic N) is 1. The maximum absolute atomic E-state index is 14.5. The van der Waals surface area contributed by atoms with Gasteiger partial charge in [0.1, 0.15) is 0 Å². The predicted molar refractivity (Wildman–Crippen MR) is 138 cm³/mol. The van der Waals surface area contributed by atoms with E-state index in [2.05, 4.69) is 0 Å². The third-order valence-electron chi connectivity index (χ3n) is 8.32. The molecule has 196 valence electrons. The maximum atomic E-state index is 14.5. The fourth-order valence-electron chi connectivity index (χ4n) is 6.58. The number of phenols is 1. The number of anilines is 1. The van der Waals surface area contributed by atoms with Gasteiger partial charge in [-0.3, -0.25) is 24.1 Å². The third-order valence-corrected chi connectivity index (χ3v) is 8.32. The number of imide groups is 1. The average Bonchev–Trinajstić information content (AvgIpc) is 3.17. The van der Waals surface area contributed by atoms with Crippen LogP contribution >= 0.6 is 0 Å². The molecule has 8 nitrogen and oxygen atoms in total. The van der Waals surface area contributed by atoms with E-state index in [0.717, 1.165) is 11.0 Å². The van der Waals surface area contributed by atoms with Crippen LogP contribution in [0.2, 0.25) is 0 Å². The van der Waals surface area contributed by atoms with Crippen LogP contribution in [0, 0.1) is 23.6 Å². The quantitative estimate of drug-likeness (QED) is 0.240. The lowest BCUT2D eigenvalue weighted by Crippen LogP contribution is -2.40. The summed E-state index contributed by atoms with van der Waals surface area (Å²) in [7, 11) is -1.79. The molecule has 0 aromatic heterocycles. The zero-order valence-corrected chi connectivity index (χ0v) is 20.8. The monoisotopic (exact) mass is 527 g/mol. The summed E-state index contributed by atoms with van der Waals surface area (Å²) >= 11 is 0. The molecular formula is C29H23BFNO7. The van der Waals surface area contributed by atoms with Crippen LogP contribution in [0.5, 0.6) is 5.75 Å². The summed E-state index contributed by atoms with van der Waals surface area (Å²) in [5, 5.41) is 29.8. The van der Waals surface area contributed by atoms with Crippen molar-refractivity contribution in [2.24, 2.45) is 17.8 Å². The van der Waals surface area contributed by atoms with Gasteiger partial charge in [0.25, 0.3) is 0 Å². The Morgan fingerprint density at radius 2 is 1.74 bits per heavy atom. The lowest BCUT2D eigenvalue weighted by molar-refractivity contribution is -0.123. The van der Waals surface area contributed by atoms with Gasteiger partial charge in [-0.15, -0.1) is 0 Å². The van der Waals surface area contributed by atoms with E-state index in [4.69, 9.17) is 0 Å². The summed E-state index contributed by atoms with van der Waals surface area (Å²) in [5.74, 6) is -6.43. The molecular weight excluding hydrogens is 504 g/mol. The van der Waals surface area contributed by atoms with Gasteiger partial charge < -0.3 is 15.2 Å². The highest BCUT2D eigenvalue weighted by Gasteiger charge is 2.57. The van der Waals surface area contributed by atoms with E-state index in [1.807, 2.05) is 0 Å². The third kappa shape index (κ3) is 3.66. The fraction of sp³-hybridized carbons (Fsp3) is 0.241. The summed E-state index contributed by atoms with van der Waals surface area (Å²) in [6.07, 6.45) is 3.24. The summed E-state index contributed by atoms with van der Waals surface area (Å²) in [5.41, 5.74) is 1.63. The Balaban J connectivity index is 1.49. The number of fused-ring (bicyclic) bond motifs is 3. The van der Waals surface area contributed by atoms with Crippen LogP contribution in [0.1, 0.15) is 31.2 Å². The van der Waals surface area contributed by atoms with Gasteiger partial charge in [0.05, 0.1) is 17.5 Å². The number of allylic oxidation sites excluding steroid dienone is 6. The van der Waals surface area contributed by atoms with Crippen molar-refractivity contribution in [2.45, 2.75) is 25.7 Å². The van der Waals surface area contributed by atoms with E-state index in [1.54, 1.807) is 6.08 Å². The number of aromatic hydroxyl groups is 1. The van der Waals surface area contributed by atoms with Crippen molar-refractivity contribution < 1.29 is 38.7 Å².